The summed E-state index contributed by atoms with van der Waals surface area (Å²) in [7, 11) is 0. The van der Waals surface area contributed by atoms with Crippen LogP contribution < -0.4 is 5.32 Å². The van der Waals surface area contributed by atoms with Crippen LogP contribution in [0.3, 0.4) is 0 Å². The molecule has 1 aliphatic rings. The molecule has 1 heterocycles. The highest BCUT2D eigenvalue weighted by molar-refractivity contribution is 9.09. The van der Waals surface area contributed by atoms with Gasteiger partial charge in [-0.05, 0) is 13.8 Å². The molecule has 1 aliphatic heterocycles. The summed E-state index contributed by atoms with van der Waals surface area (Å²) in [5.41, 5.74) is 0. The lowest BCUT2D eigenvalue weighted by molar-refractivity contribution is 0.685. The minimum atomic E-state index is 0.546. The van der Waals surface area contributed by atoms with Gasteiger partial charge in [-0.2, -0.15) is 0 Å². The zero-order valence-electron chi connectivity index (χ0n) is 6.80. The molecule has 0 bridgehead atoms. The standard InChI is InChI=1S/C7H13BrN2S/c1-3-9-7-10-5(2)6(4-8)11-7/h5-6H,3-4H2,1-2H3,(H,9,10). The van der Waals surface area contributed by atoms with Gasteiger partial charge in [0.15, 0.2) is 5.17 Å². The molecule has 64 valence electrons. The number of thioether (sulfide) groups is 1. The lowest BCUT2D eigenvalue weighted by atomic mass is 10.3. The maximum Gasteiger partial charge on any atom is 0.157 e. The van der Waals surface area contributed by atoms with Gasteiger partial charge in [0, 0.05) is 23.2 Å². The van der Waals surface area contributed by atoms with E-state index in [1.165, 1.54) is 0 Å². The number of alkyl halides is 1. The maximum atomic E-state index is 4.32. The molecule has 0 saturated carbocycles. The Balaban J connectivity index is 2.49. The van der Waals surface area contributed by atoms with Gasteiger partial charge in [-0.1, -0.05) is 27.7 Å². The largest absolute Gasteiger partial charge is 0.361 e. The number of nitrogens with one attached hydrogen (secondary N) is 1. The third-order valence-electron chi connectivity index (χ3n) is 1.63. The maximum absolute atomic E-state index is 4.32. The van der Waals surface area contributed by atoms with Crippen LogP contribution in [0.25, 0.3) is 0 Å². The third-order valence-corrected chi connectivity index (χ3v) is 4.10. The van der Waals surface area contributed by atoms with Crippen molar-refractivity contribution in [2.45, 2.75) is 25.1 Å². The van der Waals surface area contributed by atoms with E-state index in [1.54, 1.807) is 0 Å². The highest BCUT2D eigenvalue weighted by Crippen LogP contribution is 2.24. The first-order valence-electron chi connectivity index (χ1n) is 3.81. The van der Waals surface area contributed by atoms with E-state index in [0.29, 0.717) is 11.3 Å². The fourth-order valence-electron chi connectivity index (χ4n) is 0.959. The molecular formula is C7H13BrN2S. The molecule has 1 saturated heterocycles. The first-order chi connectivity index (χ1) is 5.27. The molecular weight excluding hydrogens is 224 g/mol. The van der Waals surface area contributed by atoms with Gasteiger partial charge in [-0.3, -0.25) is 4.99 Å². The Morgan fingerprint density at radius 1 is 1.73 bits per heavy atom. The summed E-state index contributed by atoms with van der Waals surface area (Å²) in [6.45, 7) is 5.12. The van der Waals surface area contributed by atoms with Crippen molar-refractivity contribution >= 4 is 32.9 Å². The first kappa shape index (κ1) is 9.39. The highest BCUT2D eigenvalue weighted by atomic mass is 79.9. The lowest BCUT2D eigenvalue weighted by Crippen LogP contribution is -2.28. The number of hydrogen-bond acceptors (Lipinski definition) is 2. The quantitative estimate of drug-likeness (QED) is 0.741. The number of rotatable bonds is 2. The molecule has 1 rings (SSSR count). The summed E-state index contributed by atoms with van der Waals surface area (Å²) in [5.74, 6) is 0. The Morgan fingerprint density at radius 2 is 2.45 bits per heavy atom. The van der Waals surface area contributed by atoms with Crippen molar-refractivity contribution < 1.29 is 0 Å². The van der Waals surface area contributed by atoms with Crippen LogP contribution in [0.5, 0.6) is 0 Å². The van der Waals surface area contributed by atoms with Crippen LogP contribution in [0.2, 0.25) is 0 Å². The van der Waals surface area contributed by atoms with Gasteiger partial charge in [0.05, 0.1) is 0 Å². The predicted octanol–water partition coefficient (Wildman–Crippen LogP) is 1.85. The second-order valence-electron chi connectivity index (χ2n) is 2.52. The van der Waals surface area contributed by atoms with Crippen LogP contribution in [-0.2, 0) is 0 Å². The Bertz CT molecular complexity index is 161. The lowest BCUT2D eigenvalue weighted by Gasteiger charge is -2.07. The molecule has 2 atom stereocenters. The van der Waals surface area contributed by atoms with E-state index < -0.39 is 0 Å². The average Bonchev–Trinajstić information content (AvgIpc) is 2.32. The fourth-order valence-corrected chi connectivity index (χ4v) is 3.00. The van der Waals surface area contributed by atoms with Crippen LogP contribution in [0.15, 0.2) is 4.99 Å². The molecule has 0 spiro atoms. The molecule has 11 heavy (non-hydrogen) atoms. The normalized spacial score (nSPS) is 34.3. The fraction of sp³-hybridized carbons (Fsp3) is 0.857. The van der Waals surface area contributed by atoms with Crippen molar-refractivity contribution in [3.63, 3.8) is 0 Å². The van der Waals surface area contributed by atoms with Crippen molar-refractivity contribution in [2.24, 2.45) is 4.99 Å². The van der Waals surface area contributed by atoms with Crippen LogP contribution in [0.1, 0.15) is 13.8 Å². The zero-order chi connectivity index (χ0) is 8.27. The summed E-state index contributed by atoms with van der Waals surface area (Å²) in [6, 6.07) is 0.546. The molecule has 0 aromatic rings. The second kappa shape index (κ2) is 4.36. The summed E-state index contributed by atoms with van der Waals surface area (Å²) in [6.07, 6.45) is 0. The SMILES string of the molecule is CCN=C1NC(C)C(CBr)S1. The molecule has 0 aromatic carbocycles. The Kier molecular flexibility index (Phi) is 3.72. The topological polar surface area (TPSA) is 24.4 Å². The smallest absolute Gasteiger partial charge is 0.157 e. The highest BCUT2D eigenvalue weighted by Gasteiger charge is 2.26. The second-order valence-corrected chi connectivity index (χ2v) is 4.40. The predicted molar refractivity (Wildman–Crippen MR) is 55.7 cm³/mol. The molecule has 1 fully saturated rings. The van der Waals surface area contributed by atoms with E-state index in [1.807, 2.05) is 11.8 Å². The molecule has 2 unspecified atom stereocenters. The van der Waals surface area contributed by atoms with Crippen LogP contribution in [0.4, 0.5) is 0 Å². The number of amidine groups is 1. The van der Waals surface area contributed by atoms with E-state index in [2.05, 4.69) is 40.1 Å². The number of nitrogens with zero attached hydrogens (tertiary/aromatic N) is 1. The van der Waals surface area contributed by atoms with Gasteiger partial charge in [0.1, 0.15) is 0 Å². The monoisotopic (exact) mass is 236 g/mol. The van der Waals surface area contributed by atoms with Crippen molar-refractivity contribution in [1.29, 1.82) is 0 Å². The van der Waals surface area contributed by atoms with E-state index in [9.17, 15) is 0 Å². The van der Waals surface area contributed by atoms with E-state index >= 15 is 0 Å². The van der Waals surface area contributed by atoms with E-state index in [0.717, 1.165) is 17.0 Å². The van der Waals surface area contributed by atoms with Gasteiger partial charge in [-0.15, -0.1) is 0 Å². The van der Waals surface area contributed by atoms with Crippen LogP contribution in [-0.4, -0.2) is 28.3 Å². The minimum absolute atomic E-state index is 0.546. The van der Waals surface area contributed by atoms with Crippen molar-refractivity contribution in [3.05, 3.63) is 0 Å². The molecule has 0 aliphatic carbocycles. The Hall–Kier alpha value is 0.300. The summed E-state index contributed by atoms with van der Waals surface area (Å²) >= 11 is 5.31. The number of hydrogen-bond donors (Lipinski definition) is 1. The molecule has 0 radical (unpaired) electrons. The van der Waals surface area contributed by atoms with Crippen molar-refractivity contribution in [3.8, 4) is 0 Å². The minimum Gasteiger partial charge on any atom is -0.361 e. The third kappa shape index (κ3) is 2.37. The summed E-state index contributed by atoms with van der Waals surface area (Å²) in [5, 5.41) is 6.12. The zero-order valence-corrected chi connectivity index (χ0v) is 9.20. The van der Waals surface area contributed by atoms with Gasteiger partial charge < -0.3 is 5.32 Å². The Labute approximate surface area is 80.4 Å². The van der Waals surface area contributed by atoms with Crippen LogP contribution in [0, 0.1) is 0 Å². The molecule has 0 aromatic heterocycles. The van der Waals surface area contributed by atoms with Gasteiger partial charge in [-0.25, -0.2) is 0 Å². The van der Waals surface area contributed by atoms with Crippen molar-refractivity contribution in [2.75, 3.05) is 11.9 Å². The number of halogens is 1. The molecule has 4 heteroatoms. The van der Waals surface area contributed by atoms with E-state index in [4.69, 9.17) is 0 Å². The Morgan fingerprint density at radius 3 is 2.91 bits per heavy atom. The van der Waals surface area contributed by atoms with Gasteiger partial charge in [0.2, 0.25) is 0 Å². The van der Waals surface area contributed by atoms with Crippen molar-refractivity contribution in [1.82, 2.24) is 5.32 Å². The molecule has 0 amide bonds. The molecule has 2 nitrogen and oxygen atoms in total. The van der Waals surface area contributed by atoms with Gasteiger partial charge in [0.25, 0.3) is 0 Å². The first-order valence-corrected chi connectivity index (χ1v) is 5.81. The van der Waals surface area contributed by atoms with E-state index in [-0.39, 0.29) is 0 Å². The summed E-state index contributed by atoms with van der Waals surface area (Å²) < 4.78 is 0. The van der Waals surface area contributed by atoms with Gasteiger partial charge >= 0.3 is 0 Å². The van der Waals surface area contributed by atoms with Crippen LogP contribution >= 0.6 is 27.7 Å². The summed E-state index contributed by atoms with van der Waals surface area (Å²) in [4.78, 5) is 4.32. The average molecular weight is 237 g/mol. The number of aliphatic imine (C=N–C) groups is 1. The molecule has 1 N–H and O–H groups in total.